The van der Waals surface area contributed by atoms with Gasteiger partial charge in [-0.15, -0.1) is 0 Å². The Bertz CT molecular complexity index is 1060. The van der Waals surface area contributed by atoms with Gasteiger partial charge in [0, 0.05) is 61.3 Å². The van der Waals surface area contributed by atoms with Crippen LogP contribution < -0.4 is 4.90 Å². The summed E-state index contributed by atoms with van der Waals surface area (Å²) in [5.41, 5.74) is 1.43. The van der Waals surface area contributed by atoms with Crippen LogP contribution in [-0.2, 0) is 6.42 Å². The maximum atomic E-state index is 12.9. The van der Waals surface area contributed by atoms with E-state index in [2.05, 4.69) is 26.4 Å². The van der Waals surface area contributed by atoms with Crippen LogP contribution in [0.4, 0.5) is 10.8 Å². The molecule has 0 N–H and O–H groups in total. The first-order valence-electron chi connectivity index (χ1n) is 9.68. The largest absolute Gasteiger partial charge is 0.343 e. The number of hydrogen-bond acceptors (Lipinski definition) is 7. The highest BCUT2D eigenvalue weighted by Crippen LogP contribution is 2.24. The Morgan fingerprint density at radius 3 is 2.73 bits per heavy atom. The molecule has 0 spiro atoms. The molecule has 0 saturated carbocycles. The van der Waals surface area contributed by atoms with Gasteiger partial charge < -0.3 is 9.80 Å². The summed E-state index contributed by atoms with van der Waals surface area (Å²) in [6, 6.07) is 15.9. The average molecular weight is 423 g/mol. The Hall–Kier alpha value is -3.33. The predicted octanol–water partition coefficient (Wildman–Crippen LogP) is 3.39. The van der Waals surface area contributed by atoms with Crippen LogP contribution >= 0.6 is 11.5 Å². The molecule has 1 unspecified atom stereocenters. The molecule has 1 saturated heterocycles. The van der Waals surface area contributed by atoms with Gasteiger partial charge in [-0.1, -0.05) is 36.4 Å². The lowest BCUT2D eigenvalue weighted by Crippen LogP contribution is -2.54. The zero-order chi connectivity index (χ0) is 21.1. The van der Waals surface area contributed by atoms with E-state index in [0.717, 1.165) is 11.0 Å². The SMILES string of the molecule is CC1CN(c2nc(Cc3ccccc3)ns2)CCN1C(=O)c1cccc([N+](=O)[O-])c1. The van der Waals surface area contributed by atoms with Crippen molar-refractivity contribution >= 4 is 28.3 Å². The average Bonchev–Trinajstić information content (AvgIpc) is 3.22. The number of nitro benzene ring substituents is 1. The Labute approximate surface area is 178 Å². The number of amides is 1. The van der Waals surface area contributed by atoms with E-state index in [1.807, 2.05) is 25.1 Å². The van der Waals surface area contributed by atoms with E-state index >= 15 is 0 Å². The molecule has 1 aliphatic rings. The minimum Gasteiger partial charge on any atom is -0.343 e. The van der Waals surface area contributed by atoms with Crippen LogP contribution in [0.25, 0.3) is 0 Å². The first-order valence-corrected chi connectivity index (χ1v) is 10.5. The van der Waals surface area contributed by atoms with Gasteiger partial charge in [0.1, 0.15) is 5.82 Å². The van der Waals surface area contributed by atoms with Crippen LogP contribution in [0, 0.1) is 10.1 Å². The van der Waals surface area contributed by atoms with Gasteiger partial charge in [0.05, 0.1) is 4.92 Å². The fourth-order valence-electron chi connectivity index (χ4n) is 3.57. The second-order valence-corrected chi connectivity index (χ2v) is 7.99. The summed E-state index contributed by atoms with van der Waals surface area (Å²) in [7, 11) is 0. The van der Waals surface area contributed by atoms with Crippen molar-refractivity contribution in [1.29, 1.82) is 0 Å². The number of benzene rings is 2. The number of carbonyl (C=O) groups excluding carboxylic acids is 1. The summed E-state index contributed by atoms with van der Waals surface area (Å²) in [4.78, 5) is 32.0. The minimum atomic E-state index is -0.485. The highest BCUT2D eigenvalue weighted by molar-refractivity contribution is 7.09. The van der Waals surface area contributed by atoms with Crippen molar-refractivity contribution < 1.29 is 9.72 Å². The van der Waals surface area contributed by atoms with Gasteiger partial charge in [-0.25, -0.2) is 4.98 Å². The number of piperazine rings is 1. The zero-order valence-corrected chi connectivity index (χ0v) is 17.3. The molecule has 4 rings (SSSR count). The Kier molecular flexibility index (Phi) is 5.71. The van der Waals surface area contributed by atoms with Gasteiger partial charge in [-0.2, -0.15) is 4.37 Å². The molecule has 1 aromatic heterocycles. The molecule has 2 aromatic carbocycles. The minimum absolute atomic E-state index is 0.0491. The third-order valence-electron chi connectivity index (χ3n) is 5.13. The van der Waals surface area contributed by atoms with Crippen LogP contribution in [0.1, 0.15) is 28.7 Å². The van der Waals surface area contributed by atoms with E-state index in [-0.39, 0.29) is 17.6 Å². The van der Waals surface area contributed by atoms with Crippen LogP contribution in [0.5, 0.6) is 0 Å². The number of carbonyl (C=O) groups is 1. The number of nitrogens with zero attached hydrogens (tertiary/aromatic N) is 5. The normalized spacial score (nSPS) is 16.5. The van der Waals surface area contributed by atoms with Crippen molar-refractivity contribution in [3.05, 3.63) is 81.7 Å². The molecule has 1 amide bonds. The van der Waals surface area contributed by atoms with E-state index in [4.69, 9.17) is 0 Å². The first kappa shape index (κ1) is 20.0. The van der Waals surface area contributed by atoms with E-state index in [0.29, 0.717) is 31.6 Å². The van der Waals surface area contributed by atoms with Gasteiger partial charge in [-0.3, -0.25) is 14.9 Å². The summed E-state index contributed by atoms with van der Waals surface area (Å²) >= 11 is 1.37. The van der Waals surface area contributed by atoms with E-state index in [1.165, 1.54) is 29.2 Å². The Balaban J connectivity index is 1.41. The molecule has 30 heavy (non-hydrogen) atoms. The maximum absolute atomic E-state index is 12.9. The number of rotatable bonds is 5. The van der Waals surface area contributed by atoms with Gasteiger partial charge in [0.15, 0.2) is 0 Å². The van der Waals surface area contributed by atoms with Gasteiger partial charge in [-0.05, 0) is 18.6 Å². The van der Waals surface area contributed by atoms with Gasteiger partial charge in [0.25, 0.3) is 11.6 Å². The molecule has 1 aliphatic heterocycles. The van der Waals surface area contributed by atoms with E-state index in [9.17, 15) is 14.9 Å². The number of hydrogen-bond donors (Lipinski definition) is 0. The third kappa shape index (κ3) is 4.30. The highest BCUT2D eigenvalue weighted by atomic mass is 32.1. The van der Waals surface area contributed by atoms with Crippen molar-refractivity contribution in [3.8, 4) is 0 Å². The van der Waals surface area contributed by atoms with Crippen molar-refractivity contribution in [2.45, 2.75) is 19.4 Å². The molecule has 9 heteroatoms. The molecule has 2 heterocycles. The molecule has 1 fully saturated rings. The Morgan fingerprint density at radius 1 is 1.20 bits per heavy atom. The lowest BCUT2D eigenvalue weighted by Gasteiger charge is -2.39. The number of aromatic nitrogens is 2. The van der Waals surface area contributed by atoms with Crippen LogP contribution in [0.2, 0.25) is 0 Å². The van der Waals surface area contributed by atoms with Gasteiger partial charge >= 0.3 is 0 Å². The van der Waals surface area contributed by atoms with Crippen molar-refractivity contribution in [1.82, 2.24) is 14.3 Å². The standard InChI is InChI=1S/C21H21N5O3S/c1-15-14-24(21-22-19(23-30-21)12-16-6-3-2-4-7-16)10-11-25(15)20(27)17-8-5-9-18(13-17)26(28)29/h2-9,13,15H,10-12,14H2,1H3. The zero-order valence-electron chi connectivity index (χ0n) is 16.5. The third-order valence-corrected chi connectivity index (χ3v) is 5.94. The van der Waals surface area contributed by atoms with Crippen molar-refractivity contribution in [2.24, 2.45) is 0 Å². The fourth-order valence-corrected chi connectivity index (χ4v) is 4.29. The molecule has 0 aliphatic carbocycles. The maximum Gasteiger partial charge on any atom is 0.270 e. The van der Waals surface area contributed by atoms with Gasteiger partial charge in [0.2, 0.25) is 5.13 Å². The van der Waals surface area contributed by atoms with Crippen LogP contribution in [0.3, 0.4) is 0 Å². The Morgan fingerprint density at radius 2 is 2.00 bits per heavy atom. The van der Waals surface area contributed by atoms with E-state index < -0.39 is 4.92 Å². The molecule has 154 valence electrons. The fraction of sp³-hybridized carbons (Fsp3) is 0.286. The molecular formula is C21H21N5O3S. The summed E-state index contributed by atoms with van der Waals surface area (Å²) in [5, 5.41) is 11.9. The van der Waals surface area contributed by atoms with Crippen LogP contribution in [-0.4, -0.2) is 50.8 Å². The predicted molar refractivity (Wildman–Crippen MR) is 115 cm³/mol. The van der Waals surface area contributed by atoms with Crippen molar-refractivity contribution in [2.75, 3.05) is 24.5 Å². The second kappa shape index (κ2) is 8.58. The quantitative estimate of drug-likeness (QED) is 0.461. The molecule has 8 nitrogen and oxygen atoms in total. The number of nitro groups is 1. The second-order valence-electron chi connectivity index (χ2n) is 7.26. The lowest BCUT2D eigenvalue weighted by molar-refractivity contribution is -0.384. The molecule has 3 aromatic rings. The highest BCUT2D eigenvalue weighted by Gasteiger charge is 2.30. The smallest absolute Gasteiger partial charge is 0.270 e. The molecule has 1 atom stereocenters. The monoisotopic (exact) mass is 423 g/mol. The lowest BCUT2D eigenvalue weighted by atomic mass is 10.1. The summed E-state index contributed by atoms with van der Waals surface area (Å²) < 4.78 is 4.48. The number of anilines is 1. The molecular weight excluding hydrogens is 402 g/mol. The summed E-state index contributed by atoms with van der Waals surface area (Å²) in [6.45, 7) is 3.79. The topological polar surface area (TPSA) is 92.5 Å². The molecule has 0 bridgehead atoms. The first-order chi connectivity index (χ1) is 14.5. The number of non-ortho nitro benzene ring substituents is 1. The summed E-state index contributed by atoms with van der Waals surface area (Å²) in [5.74, 6) is 0.608. The van der Waals surface area contributed by atoms with E-state index in [1.54, 1.807) is 17.0 Å². The molecule has 0 radical (unpaired) electrons. The van der Waals surface area contributed by atoms with Crippen molar-refractivity contribution in [3.63, 3.8) is 0 Å². The van der Waals surface area contributed by atoms with Crippen LogP contribution in [0.15, 0.2) is 54.6 Å². The summed E-state index contributed by atoms with van der Waals surface area (Å²) in [6.07, 6.45) is 0.693.